The molecule has 1 atom stereocenters. The summed E-state index contributed by atoms with van der Waals surface area (Å²) in [6, 6.07) is 3.26. The van der Waals surface area contributed by atoms with Crippen molar-refractivity contribution in [3.05, 3.63) is 35.1 Å². The molecule has 1 unspecified atom stereocenters. The number of benzene rings is 1. The van der Waals surface area contributed by atoms with Crippen LogP contribution in [0.15, 0.2) is 18.2 Å². The second-order valence-corrected chi connectivity index (χ2v) is 6.85. The molecule has 0 saturated heterocycles. The first-order chi connectivity index (χ1) is 9.73. The number of halogens is 1. The van der Waals surface area contributed by atoms with Gasteiger partial charge in [0.25, 0.3) is 5.91 Å². The molecule has 0 saturated carbocycles. The summed E-state index contributed by atoms with van der Waals surface area (Å²) in [6.45, 7) is 1.69. The molecule has 1 aromatic rings. The number of rotatable bonds is 4. The van der Waals surface area contributed by atoms with Gasteiger partial charge in [0.15, 0.2) is 0 Å². The average molecular weight is 312 g/mol. The molecule has 1 rings (SSSR count). The zero-order chi connectivity index (χ0) is 16.0. The molecular formula is C14H17FN2O3S. The Balaban J connectivity index is 2.91. The quantitative estimate of drug-likeness (QED) is 0.783. The maximum absolute atomic E-state index is 13.7. The summed E-state index contributed by atoms with van der Waals surface area (Å²) >= 11 is 0. The van der Waals surface area contributed by atoms with Gasteiger partial charge in [0.05, 0.1) is 17.9 Å². The van der Waals surface area contributed by atoms with Gasteiger partial charge in [-0.3, -0.25) is 4.79 Å². The fourth-order valence-electron chi connectivity index (χ4n) is 1.73. The smallest absolute Gasteiger partial charge is 0.254 e. The first-order valence-corrected chi connectivity index (χ1v) is 8.26. The van der Waals surface area contributed by atoms with Gasteiger partial charge in [-0.05, 0) is 25.1 Å². The number of sulfone groups is 1. The number of nitrogens with one attached hydrogen (secondary N) is 1. The molecule has 7 heteroatoms. The van der Waals surface area contributed by atoms with E-state index in [0.29, 0.717) is 5.56 Å². The van der Waals surface area contributed by atoms with Crippen molar-refractivity contribution in [3.8, 4) is 11.8 Å². The van der Waals surface area contributed by atoms with Gasteiger partial charge in [0, 0.05) is 17.9 Å². The van der Waals surface area contributed by atoms with E-state index in [4.69, 9.17) is 5.73 Å². The van der Waals surface area contributed by atoms with Crippen LogP contribution in [0.5, 0.6) is 0 Å². The summed E-state index contributed by atoms with van der Waals surface area (Å²) in [5, 5.41) is 2.45. The minimum atomic E-state index is -3.23. The molecule has 0 spiro atoms. The number of carbonyl (C=O) groups excluding carboxylic acids is 1. The second-order valence-electron chi connectivity index (χ2n) is 4.67. The molecule has 0 bridgehead atoms. The number of nitrogens with two attached hydrogens (primary N) is 1. The van der Waals surface area contributed by atoms with Crippen molar-refractivity contribution in [2.45, 2.75) is 13.0 Å². The highest BCUT2D eigenvalue weighted by Gasteiger charge is 2.17. The van der Waals surface area contributed by atoms with Crippen molar-refractivity contribution in [3.63, 3.8) is 0 Å². The average Bonchev–Trinajstić information content (AvgIpc) is 2.35. The van der Waals surface area contributed by atoms with E-state index in [-0.39, 0.29) is 17.9 Å². The lowest BCUT2D eigenvalue weighted by atomic mass is 10.1. The van der Waals surface area contributed by atoms with E-state index < -0.39 is 27.6 Å². The third kappa shape index (κ3) is 5.94. The van der Waals surface area contributed by atoms with Crippen LogP contribution in [0.1, 0.15) is 22.8 Å². The first kappa shape index (κ1) is 17.1. The van der Waals surface area contributed by atoms with Gasteiger partial charge >= 0.3 is 0 Å². The van der Waals surface area contributed by atoms with Crippen LogP contribution < -0.4 is 11.1 Å². The lowest BCUT2D eigenvalue weighted by molar-refractivity contribution is 0.0939. The number of amides is 1. The minimum absolute atomic E-state index is 0.157. The van der Waals surface area contributed by atoms with Crippen LogP contribution in [0.3, 0.4) is 0 Å². The molecular weight excluding hydrogens is 295 g/mol. The predicted octanol–water partition coefficient (Wildman–Crippen LogP) is 0.299. The summed E-state index contributed by atoms with van der Waals surface area (Å²) in [5.74, 6) is 3.71. The molecule has 1 aromatic carbocycles. The van der Waals surface area contributed by atoms with Crippen LogP contribution in [0.4, 0.5) is 4.39 Å². The van der Waals surface area contributed by atoms with Crippen LogP contribution in [0.25, 0.3) is 0 Å². The molecule has 21 heavy (non-hydrogen) atoms. The van der Waals surface area contributed by atoms with Crippen molar-refractivity contribution in [2.75, 3.05) is 18.6 Å². The Labute approximate surface area is 123 Å². The molecule has 0 aliphatic carbocycles. The molecule has 0 radical (unpaired) electrons. The largest absolute Gasteiger partial charge is 0.348 e. The van der Waals surface area contributed by atoms with Gasteiger partial charge < -0.3 is 11.1 Å². The van der Waals surface area contributed by atoms with Crippen LogP contribution in [0, 0.1) is 17.7 Å². The van der Waals surface area contributed by atoms with Gasteiger partial charge in [0.1, 0.15) is 15.7 Å². The zero-order valence-corrected chi connectivity index (χ0v) is 12.6. The molecule has 5 nitrogen and oxygen atoms in total. The maximum Gasteiger partial charge on any atom is 0.254 e. The van der Waals surface area contributed by atoms with E-state index >= 15 is 0 Å². The molecule has 0 fully saturated rings. The molecule has 3 N–H and O–H groups in total. The van der Waals surface area contributed by atoms with Crippen LogP contribution in [-0.2, 0) is 9.84 Å². The molecule has 1 amide bonds. The van der Waals surface area contributed by atoms with Crippen LogP contribution in [0.2, 0.25) is 0 Å². The molecule has 0 aromatic heterocycles. The van der Waals surface area contributed by atoms with E-state index in [0.717, 1.165) is 12.3 Å². The summed E-state index contributed by atoms with van der Waals surface area (Å²) in [4.78, 5) is 12.0. The summed E-state index contributed by atoms with van der Waals surface area (Å²) in [7, 11) is -3.23. The van der Waals surface area contributed by atoms with Crippen molar-refractivity contribution in [2.24, 2.45) is 5.73 Å². The van der Waals surface area contributed by atoms with Crippen molar-refractivity contribution in [1.29, 1.82) is 0 Å². The Kier molecular flexibility index (Phi) is 5.88. The van der Waals surface area contributed by atoms with Crippen molar-refractivity contribution in [1.82, 2.24) is 5.32 Å². The Morgan fingerprint density at radius 1 is 1.48 bits per heavy atom. The highest BCUT2D eigenvalue weighted by molar-refractivity contribution is 7.90. The van der Waals surface area contributed by atoms with Gasteiger partial charge in [0.2, 0.25) is 0 Å². The molecule has 0 heterocycles. The monoisotopic (exact) mass is 312 g/mol. The maximum atomic E-state index is 13.7. The van der Waals surface area contributed by atoms with Gasteiger partial charge in [-0.25, -0.2) is 12.8 Å². The van der Waals surface area contributed by atoms with Gasteiger partial charge in [-0.2, -0.15) is 0 Å². The Bertz CT molecular complexity index is 690. The van der Waals surface area contributed by atoms with Crippen molar-refractivity contribution >= 4 is 15.7 Å². The molecule has 0 aliphatic heterocycles. The summed E-state index contributed by atoms with van der Waals surface area (Å²) in [5.41, 5.74) is 5.52. The van der Waals surface area contributed by atoms with Crippen molar-refractivity contribution < 1.29 is 17.6 Å². The van der Waals surface area contributed by atoms with E-state index in [2.05, 4.69) is 17.2 Å². The second kappa shape index (κ2) is 7.20. The Morgan fingerprint density at radius 3 is 2.71 bits per heavy atom. The molecule has 114 valence electrons. The van der Waals surface area contributed by atoms with Gasteiger partial charge in [-0.15, -0.1) is 0 Å². The fraction of sp³-hybridized carbons (Fsp3) is 0.357. The van der Waals surface area contributed by atoms with E-state index in [1.807, 2.05) is 0 Å². The summed E-state index contributed by atoms with van der Waals surface area (Å²) < 4.78 is 36.0. The normalized spacial score (nSPS) is 12.2. The number of hydrogen-bond acceptors (Lipinski definition) is 4. The van der Waals surface area contributed by atoms with Gasteiger partial charge in [-0.1, -0.05) is 11.8 Å². The Hall–Kier alpha value is -1.91. The number of hydrogen-bond donors (Lipinski definition) is 2. The third-order valence-electron chi connectivity index (χ3n) is 2.48. The number of carbonyl (C=O) groups is 1. The lowest BCUT2D eigenvalue weighted by Crippen LogP contribution is -2.37. The summed E-state index contributed by atoms with van der Waals surface area (Å²) in [6.07, 6.45) is 1.07. The highest BCUT2D eigenvalue weighted by Crippen LogP contribution is 2.10. The lowest BCUT2D eigenvalue weighted by Gasteiger charge is -2.13. The third-order valence-corrected chi connectivity index (χ3v) is 3.58. The van der Waals surface area contributed by atoms with E-state index in [1.54, 1.807) is 0 Å². The van der Waals surface area contributed by atoms with Crippen LogP contribution in [-0.4, -0.2) is 38.9 Å². The van der Waals surface area contributed by atoms with E-state index in [9.17, 15) is 17.6 Å². The topological polar surface area (TPSA) is 89.3 Å². The minimum Gasteiger partial charge on any atom is -0.348 e. The zero-order valence-electron chi connectivity index (χ0n) is 11.8. The SMILES string of the molecule is CC(CS(C)(=O)=O)NC(=O)c1cc(C#CCN)ccc1F. The highest BCUT2D eigenvalue weighted by atomic mass is 32.2. The van der Waals surface area contributed by atoms with Crippen LogP contribution >= 0.6 is 0 Å². The fourth-order valence-corrected chi connectivity index (χ4v) is 2.72. The Morgan fingerprint density at radius 2 is 2.14 bits per heavy atom. The first-order valence-electron chi connectivity index (χ1n) is 6.20. The van der Waals surface area contributed by atoms with E-state index in [1.165, 1.54) is 19.1 Å². The molecule has 0 aliphatic rings. The standard InChI is InChI=1S/C14H17FN2O3S/c1-10(9-21(2,19)20)17-14(18)12-8-11(4-3-7-16)5-6-13(12)15/h5-6,8,10H,7,9,16H2,1-2H3,(H,17,18). The predicted molar refractivity (Wildman–Crippen MR) is 79.0 cm³/mol.